The van der Waals surface area contributed by atoms with Gasteiger partial charge in [-0.3, -0.25) is 9.97 Å². The average Bonchev–Trinajstić information content (AvgIpc) is 2.62. The van der Waals surface area contributed by atoms with E-state index in [1.807, 2.05) is 6.20 Å². The van der Waals surface area contributed by atoms with Crippen LogP contribution in [-0.4, -0.2) is 52.2 Å². The zero-order valence-corrected chi connectivity index (χ0v) is 12.6. The van der Waals surface area contributed by atoms with Crippen LogP contribution in [0.15, 0.2) is 18.6 Å². The zero-order valence-electron chi connectivity index (χ0n) is 12.6. The van der Waals surface area contributed by atoms with Gasteiger partial charge in [0, 0.05) is 37.6 Å². The molecule has 0 aromatic carbocycles. The molecule has 0 N–H and O–H groups in total. The van der Waals surface area contributed by atoms with Gasteiger partial charge in [0.05, 0.1) is 19.9 Å². The molecule has 1 aliphatic rings. The Labute approximate surface area is 128 Å². The summed E-state index contributed by atoms with van der Waals surface area (Å²) in [5.74, 6) is 1.01. The molecule has 8 heteroatoms. The van der Waals surface area contributed by atoms with Crippen LogP contribution in [0.4, 0.5) is 5.95 Å². The number of ether oxygens (including phenoxy) is 2. The first-order valence-corrected chi connectivity index (χ1v) is 7.15. The summed E-state index contributed by atoms with van der Waals surface area (Å²) in [5.41, 5.74) is 1.05. The van der Waals surface area contributed by atoms with E-state index in [4.69, 9.17) is 9.47 Å². The van der Waals surface area contributed by atoms with Crippen LogP contribution in [0.25, 0.3) is 0 Å². The van der Waals surface area contributed by atoms with Gasteiger partial charge in [-0.15, -0.1) is 4.98 Å². The monoisotopic (exact) mass is 302 g/mol. The van der Waals surface area contributed by atoms with Crippen molar-refractivity contribution in [2.75, 3.05) is 32.2 Å². The van der Waals surface area contributed by atoms with Crippen LogP contribution in [0.3, 0.4) is 0 Å². The first kappa shape index (κ1) is 14.4. The summed E-state index contributed by atoms with van der Waals surface area (Å²) < 4.78 is 10.2. The summed E-state index contributed by atoms with van der Waals surface area (Å²) >= 11 is 0. The predicted octanol–water partition coefficient (Wildman–Crippen LogP) is 1.06. The average molecular weight is 302 g/mol. The van der Waals surface area contributed by atoms with Crippen molar-refractivity contribution in [1.82, 2.24) is 24.9 Å². The molecule has 8 nitrogen and oxygen atoms in total. The molecule has 0 unspecified atom stereocenters. The van der Waals surface area contributed by atoms with E-state index in [1.54, 1.807) is 12.4 Å². The maximum Gasteiger partial charge on any atom is 0.324 e. The first-order valence-electron chi connectivity index (χ1n) is 7.15. The summed E-state index contributed by atoms with van der Waals surface area (Å²) in [7, 11) is 3.05. The van der Waals surface area contributed by atoms with Gasteiger partial charge in [0.2, 0.25) is 5.95 Å². The lowest BCUT2D eigenvalue weighted by Crippen LogP contribution is -2.34. The second-order valence-corrected chi connectivity index (χ2v) is 5.00. The van der Waals surface area contributed by atoms with Gasteiger partial charge in [-0.25, -0.2) is 0 Å². The molecular formula is C14H18N6O2. The minimum Gasteiger partial charge on any atom is -0.467 e. The Bertz CT molecular complexity index is 594. The third-order valence-corrected chi connectivity index (χ3v) is 3.73. The fourth-order valence-corrected chi connectivity index (χ4v) is 2.55. The van der Waals surface area contributed by atoms with Crippen LogP contribution in [-0.2, 0) is 0 Å². The largest absolute Gasteiger partial charge is 0.467 e. The fraction of sp³-hybridized carbons (Fsp3) is 0.500. The van der Waals surface area contributed by atoms with E-state index in [0.717, 1.165) is 31.6 Å². The number of methoxy groups -OCH3 is 2. The van der Waals surface area contributed by atoms with Gasteiger partial charge in [-0.05, 0) is 12.8 Å². The number of rotatable bonds is 4. The molecule has 3 rings (SSSR count). The molecule has 2 aromatic heterocycles. The Morgan fingerprint density at radius 1 is 1.00 bits per heavy atom. The molecule has 0 saturated carbocycles. The first-order chi connectivity index (χ1) is 10.8. The Morgan fingerprint density at radius 2 is 1.68 bits per heavy atom. The van der Waals surface area contributed by atoms with Crippen LogP contribution in [0.2, 0.25) is 0 Å². The van der Waals surface area contributed by atoms with Gasteiger partial charge in [0.25, 0.3) is 0 Å². The maximum absolute atomic E-state index is 5.09. The van der Waals surface area contributed by atoms with Crippen LogP contribution < -0.4 is 14.4 Å². The van der Waals surface area contributed by atoms with Crippen molar-refractivity contribution < 1.29 is 9.47 Å². The summed E-state index contributed by atoms with van der Waals surface area (Å²) in [6, 6.07) is 0.524. The standard InChI is InChI=1S/C14H18N6O2/c1-21-13-17-12(18-14(19-13)22-2)20-7-3-10(4-8-20)11-9-15-5-6-16-11/h5-6,9-10H,3-4,7-8H2,1-2H3. The molecule has 2 aromatic rings. The molecular weight excluding hydrogens is 284 g/mol. The minimum absolute atomic E-state index is 0.262. The molecule has 116 valence electrons. The third kappa shape index (κ3) is 3.05. The van der Waals surface area contributed by atoms with E-state index >= 15 is 0 Å². The highest BCUT2D eigenvalue weighted by Gasteiger charge is 2.24. The summed E-state index contributed by atoms with van der Waals surface area (Å²) in [6.45, 7) is 1.69. The highest BCUT2D eigenvalue weighted by atomic mass is 16.5. The number of anilines is 1. The van der Waals surface area contributed by atoms with Crippen LogP contribution >= 0.6 is 0 Å². The highest BCUT2D eigenvalue weighted by molar-refractivity contribution is 5.33. The van der Waals surface area contributed by atoms with Crippen molar-refractivity contribution in [2.24, 2.45) is 0 Å². The number of aromatic nitrogens is 5. The normalized spacial score (nSPS) is 15.6. The molecule has 3 heterocycles. The van der Waals surface area contributed by atoms with Crippen molar-refractivity contribution in [3.8, 4) is 12.0 Å². The quantitative estimate of drug-likeness (QED) is 0.828. The smallest absolute Gasteiger partial charge is 0.324 e. The van der Waals surface area contributed by atoms with Gasteiger partial charge < -0.3 is 14.4 Å². The molecule has 1 aliphatic heterocycles. The van der Waals surface area contributed by atoms with Crippen molar-refractivity contribution in [1.29, 1.82) is 0 Å². The van der Waals surface area contributed by atoms with E-state index in [0.29, 0.717) is 11.9 Å². The van der Waals surface area contributed by atoms with Crippen LogP contribution in [0.1, 0.15) is 24.5 Å². The van der Waals surface area contributed by atoms with Crippen molar-refractivity contribution >= 4 is 5.95 Å². The molecule has 0 radical (unpaired) electrons. The van der Waals surface area contributed by atoms with E-state index in [2.05, 4.69) is 29.8 Å². The molecule has 22 heavy (non-hydrogen) atoms. The Hall–Kier alpha value is -2.51. The predicted molar refractivity (Wildman–Crippen MR) is 79.2 cm³/mol. The van der Waals surface area contributed by atoms with Crippen molar-refractivity contribution in [3.05, 3.63) is 24.3 Å². The lowest BCUT2D eigenvalue weighted by atomic mass is 9.94. The highest BCUT2D eigenvalue weighted by Crippen LogP contribution is 2.28. The molecule has 0 atom stereocenters. The van der Waals surface area contributed by atoms with E-state index in [-0.39, 0.29) is 12.0 Å². The van der Waals surface area contributed by atoms with E-state index in [9.17, 15) is 0 Å². The zero-order chi connectivity index (χ0) is 15.4. The lowest BCUT2D eigenvalue weighted by molar-refractivity contribution is 0.338. The van der Waals surface area contributed by atoms with Crippen molar-refractivity contribution in [3.63, 3.8) is 0 Å². The topological polar surface area (TPSA) is 86.2 Å². The molecule has 1 saturated heterocycles. The molecule has 0 aliphatic carbocycles. The van der Waals surface area contributed by atoms with Crippen LogP contribution in [0, 0.1) is 0 Å². The number of nitrogens with zero attached hydrogens (tertiary/aromatic N) is 6. The molecule has 1 fully saturated rings. The van der Waals surface area contributed by atoms with E-state index in [1.165, 1.54) is 14.2 Å². The molecule has 0 bridgehead atoms. The Kier molecular flexibility index (Phi) is 4.27. The second kappa shape index (κ2) is 6.50. The van der Waals surface area contributed by atoms with Crippen LogP contribution in [0.5, 0.6) is 12.0 Å². The van der Waals surface area contributed by atoms with Gasteiger partial charge in [0.15, 0.2) is 0 Å². The van der Waals surface area contributed by atoms with Gasteiger partial charge in [0.1, 0.15) is 0 Å². The third-order valence-electron chi connectivity index (χ3n) is 3.73. The minimum atomic E-state index is 0.262. The number of hydrogen-bond donors (Lipinski definition) is 0. The van der Waals surface area contributed by atoms with E-state index < -0.39 is 0 Å². The summed E-state index contributed by atoms with van der Waals surface area (Å²) in [4.78, 5) is 23.2. The number of piperidine rings is 1. The SMILES string of the molecule is COc1nc(OC)nc(N2CCC(c3cnccn3)CC2)n1. The lowest BCUT2D eigenvalue weighted by Gasteiger charge is -2.31. The van der Waals surface area contributed by atoms with Crippen molar-refractivity contribution in [2.45, 2.75) is 18.8 Å². The number of hydrogen-bond acceptors (Lipinski definition) is 8. The second-order valence-electron chi connectivity index (χ2n) is 5.00. The fourth-order valence-electron chi connectivity index (χ4n) is 2.55. The van der Waals surface area contributed by atoms with Gasteiger partial charge in [-0.2, -0.15) is 9.97 Å². The van der Waals surface area contributed by atoms with Gasteiger partial charge >= 0.3 is 12.0 Å². The Balaban J connectivity index is 1.71. The summed E-state index contributed by atoms with van der Waals surface area (Å²) in [6.07, 6.45) is 7.24. The molecule has 0 spiro atoms. The Morgan fingerprint density at radius 3 is 2.23 bits per heavy atom. The molecule has 0 amide bonds. The summed E-state index contributed by atoms with van der Waals surface area (Å²) in [5, 5.41) is 0. The maximum atomic E-state index is 5.09. The van der Waals surface area contributed by atoms with Gasteiger partial charge in [-0.1, -0.05) is 0 Å².